The highest BCUT2D eigenvalue weighted by Crippen LogP contribution is 2.27. The average molecular weight is 508 g/mol. The van der Waals surface area contributed by atoms with E-state index in [9.17, 15) is 14.4 Å². The second kappa shape index (κ2) is 10.6. The maximum atomic E-state index is 13.0. The highest BCUT2D eigenvalue weighted by atomic mass is 32.2. The molecular weight excluding hydrogens is 482 g/mol. The third-order valence-electron chi connectivity index (χ3n) is 5.40. The number of nitrogens with zero attached hydrogens (tertiary/aromatic N) is 4. The number of methoxy groups -OCH3 is 1. The number of nitrogens with one attached hydrogen (secondary N) is 1. The molecule has 0 atom stereocenters. The Hall–Kier alpha value is -4.12. The number of anilines is 1. The van der Waals surface area contributed by atoms with E-state index in [4.69, 9.17) is 9.47 Å². The van der Waals surface area contributed by atoms with E-state index in [1.54, 1.807) is 62.7 Å². The Bertz CT molecular complexity index is 1530. The van der Waals surface area contributed by atoms with Gasteiger partial charge in [-0.25, -0.2) is 14.8 Å². The van der Waals surface area contributed by atoms with Crippen LogP contribution in [0.5, 0.6) is 11.5 Å². The van der Waals surface area contributed by atoms with Gasteiger partial charge in [0.25, 0.3) is 5.56 Å². The van der Waals surface area contributed by atoms with Gasteiger partial charge in [0.15, 0.2) is 11.5 Å². The van der Waals surface area contributed by atoms with Crippen LogP contribution in [0.3, 0.4) is 0 Å². The Morgan fingerprint density at radius 2 is 1.64 bits per heavy atom. The van der Waals surface area contributed by atoms with Crippen molar-refractivity contribution < 1.29 is 14.3 Å². The first kappa shape index (κ1) is 25.0. The van der Waals surface area contributed by atoms with Crippen LogP contribution < -0.4 is 26.0 Å². The maximum Gasteiger partial charge on any atom is 0.332 e. The van der Waals surface area contributed by atoms with Crippen LogP contribution in [0.15, 0.2) is 63.1 Å². The van der Waals surface area contributed by atoms with Gasteiger partial charge in [-0.3, -0.25) is 18.7 Å². The van der Waals surface area contributed by atoms with Gasteiger partial charge in [0, 0.05) is 25.3 Å². The summed E-state index contributed by atoms with van der Waals surface area (Å²) in [5, 5.41) is 3.31. The molecule has 10 nitrogen and oxygen atoms in total. The number of aromatic nitrogens is 4. The van der Waals surface area contributed by atoms with E-state index in [-0.39, 0.29) is 22.7 Å². The van der Waals surface area contributed by atoms with Gasteiger partial charge in [0.1, 0.15) is 21.9 Å². The molecule has 2 heterocycles. The quantitative estimate of drug-likeness (QED) is 0.286. The van der Waals surface area contributed by atoms with Gasteiger partial charge in [0.05, 0.1) is 19.5 Å². The first-order valence-electron chi connectivity index (χ1n) is 11.1. The Morgan fingerprint density at radius 1 is 0.972 bits per heavy atom. The molecule has 0 aliphatic carbocycles. The van der Waals surface area contributed by atoms with Crippen LogP contribution in [-0.2, 0) is 18.9 Å². The molecule has 1 N–H and O–H groups in total. The standard InChI is InChI=1S/C25H25N5O5S/c1-5-35-18-12-8-16(9-13-18)26-19(31)14-36-23-20-22(29(2)25(33)30(3)24(20)32)27-21(28-23)15-6-10-17(34-4)11-7-15/h6-13H,5,14H2,1-4H3,(H,26,31). The average Bonchev–Trinajstić information content (AvgIpc) is 2.90. The summed E-state index contributed by atoms with van der Waals surface area (Å²) in [6.07, 6.45) is 0. The molecule has 0 spiro atoms. The normalized spacial score (nSPS) is 10.9. The zero-order chi connectivity index (χ0) is 25.8. The Balaban J connectivity index is 1.68. The van der Waals surface area contributed by atoms with Crippen molar-refractivity contribution in [1.82, 2.24) is 19.1 Å². The molecule has 0 bridgehead atoms. The number of ether oxygens (including phenoxy) is 2. The van der Waals surface area contributed by atoms with Crippen molar-refractivity contribution in [2.24, 2.45) is 14.1 Å². The SMILES string of the molecule is CCOc1ccc(NC(=O)CSc2nc(-c3ccc(OC)cc3)nc3c2c(=O)n(C)c(=O)n3C)cc1. The summed E-state index contributed by atoms with van der Waals surface area (Å²) in [6, 6.07) is 14.2. The number of hydrogen-bond donors (Lipinski definition) is 1. The summed E-state index contributed by atoms with van der Waals surface area (Å²) < 4.78 is 12.9. The lowest BCUT2D eigenvalue weighted by Crippen LogP contribution is -2.37. The fraction of sp³-hybridized carbons (Fsp3) is 0.240. The number of amides is 1. The summed E-state index contributed by atoms with van der Waals surface area (Å²) in [4.78, 5) is 47.3. The molecule has 0 saturated heterocycles. The molecule has 0 saturated carbocycles. The molecule has 4 aromatic rings. The number of thioether (sulfide) groups is 1. The topological polar surface area (TPSA) is 117 Å². The maximum absolute atomic E-state index is 13.0. The van der Waals surface area contributed by atoms with E-state index in [1.807, 2.05) is 6.92 Å². The summed E-state index contributed by atoms with van der Waals surface area (Å²) in [7, 11) is 4.51. The molecule has 2 aromatic heterocycles. The van der Waals surface area contributed by atoms with Crippen molar-refractivity contribution >= 4 is 34.4 Å². The van der Waals surface area contributed by atoms with E-state index in [0.29, 0.717) is 40.2 Å². The number of fused-ring (bicyclic) bond motifs is 1. The summed E-state index contributed by atoms with van der Waals surface area (Å²) in [5.74, 6) is 1.42. The van der Waals surface area contributed by atoms with Crippen molar-refractivity contribution in [2.75, 3.05) is 24.8 Å². The number of carbonyl (C=O) groups excluding carboxylic acids is 1. The zero-order valence-electron chi connectivity index (χ0n) is 20.3. The number of rotatable bonds is 8. The lowest BCUT2D eigenvalue weighted by molar-refractivity contribution is -0.113. The molecule has 1 amide bonds. The molecule has 36 heavy (non-hydrogen) atoms. The molecule has 186 valence electrons. The second-order valence-corrected chi connectivity index (χ2v) is 8.74. The minimum atomic E-state index is -0.524. The first-order chi connectivity index (χ1) is 17.3. The van der Waals surface area contributed by atoms with Gasteiger partial charge in [-0.1, -0.05) is 11.8 Å². The number of hydrogen-bond acceptors (Lipinski definition) is 8. The molecular formula is C25H25N5O5S. The predicted molar refractivity (Wildman–Crippen MR) is 139 cm³/mol. The van der Waals surface area contributed by atoms with E-state index >= 15 is 0 Å². The monoisotopic (exact) mass is 507 g/mol. The third-order valence-corrected chi connectivity index (χ3v) is 6.38. The molecule has 0 aliphatic rings. The summed E-state index contributed by atoms with van der Waals surface area (Å²) in [6.45, 7) is 2.45. The molecule has 0 fully saturated rings. The Kier molecular flexibility index (Phi) is 7.39. The minimum absolute atomic E-state index is 0.00658. The van der Waals surface area contributed by atoms with Crippen molar-refractivity contribution in [3.8, 4) is 22.9 Å². The lowest BCUT2D eigenvalue weighted by Gasteiger charge is -2.12. The van der Waals surface area contributed by atoms with Crippen LogP contribution in [0.2, 0.25) is 0 Å². The van der Waals surface area contributed by atoms with E-state index in [1.165, 1.54) is 11.6 Å². The largest absolute Gasteiger partial charge is 0.497 e. The van der Waals surface area contributed by atoms with Crippen LogP contribution in [0.25, 0.3) is 22.4 Å². The van der Waals surface area contributed by atoms with Gasteiger partial charge < -0.3 is 14.8 Å². The highest BCUT2D eigenvalue weighted by Gasteiger charge is 2.19. The number of carbonyl (C=O) groups is 1. The van der Waals surface area contributed by atoms with Crippen molar-refractivity contribution in [3.63, 3.8) is 0 Å². The number of aryl methyl sites for hydroxylation is 1. The van der Waals surface area contributed by atoms with Crippen molar-refractivity contribution in [3.05, 3.63) is 69.4 Å². The minimum Gasteiger partial charge on any atom is -0.497 e. The van der Waals surface area contributed by atoms with E-state index < -0.39 is 11.2 Å². The van der Waals surface area contributed by atoms with Gasteiger partial charge in [-0.15, -0.1) is 0 Å². The van der Waals surface area contributed by atoms with Crippen LogP contribution in [0, 0.1) is 0 Å². The van der Waals surface area contributed by atoms with Crippen LogP contribution in [0.1, 0.15) is 6.92 Å². The summed E-state index contributed by atoms with van der Waals surface area (Å²) in [5.41, 5.74) is 0.457. The molecule has 11 heteroatoms. The lowest BCUT2D eigenvalue weighted by atomic mass is 10.2. The van der Waals surface area contributed by atoms with Crippen LogP contribution in [-0.4, -0.2) is 44.5 Å². The van der Waals surface area contributed by atoms with Crippen LogP contribution in [0.4, 0.5) is 5.69 Å². The van der Waals surface area contributed by atoms with Gasteiger partial charge in [0.2, 0.25) is 5.91 Å². The first-order valence-corrected chi connectivity index (χ1v) is 12.1. The molecule has 4 rings (SSSR count). The van der Waals surface area contributed by atoms with Crippen molar-refractivity contribution in [1.29, 1.82) is 0 Å². The van der Waals surface area contributed by atoms with E-state index in [0.717, 1.165) is 16.3 Å². The van der Waals surface area contributed by atoms with Gasteiger partial charge in [-0.05, 0) is 55.5 Å². The van der Waals surface area contributed by atoms with Gasteiger partial charge in [-0.2, -0.15) is 0 Å². The second-order valence-electron chi connectivity index (χ2n) is 7.78. The molecule has 0 radical (unpaired) electrons. The fourth-order valence-corrected chi connectivity index (χ4v) is 4.35. The molecule has 0 unspecified atom stereocenters. The fourth-order valence-electron chi connectivity index (χ4n) is 3.53. The third kappa shape index (κ3) is 5.10. The van der Waals surface area contributed by atoms with Gasteiger partial charge >= 0.3 is 5.69 Å². The Morgan fingerprint density at radius 3 is 2.28 bits per heavy atom. The highest BCUT2D eigenvalue weighted by molar-refractivity contribution is 8.00. The van der Waals surface area contributed by atoms with Crippen LogP contribution >= 0.6 is 11.8 Å². The Labute approximate surface area is 210 Å². The summed E-state index contributed by atoms with van der Waals surface area (Å²) >= 11 is 1.10. The molecule has 2 aromatic carbocycles. The number of benzene rings is 2. The van der Waals surface area contributed by atoms with Crippen molar-refractivity contribution in [2.45, 2.75) is 11.9 Å². The zero-order valence-corrected chi connectivity index (χ0v) is 21.1. The predicted octanol–water partition coefficient (Wildman–Crippen LogP) is 2.83. The van der Waals surface area contributed by atoms with E-state index in [2.05, 4.69) is 15.3 Å². The molecule has 0 aliphatic heterocycles. The smallest absolute Gasteiger partial charge is 0.332 e.